The van der Waals surface area contributed by atoms with E-state index in [1.165, 1.54) is 29.4 Å². The molecule has 2 atom stereocenters. The summed E-state index contributed by atoms with van der Waals surface area (Å²) in [5, 5.41) is 4.97. The summed E-state index contributed by atoms with van der Waals surface area (Å²) in [4.78, 5) is 0. The van der Waals surface area contributed by atoms with Crippen molar-refractivity contribution in [3.8, 4) is 0 Å². The minimum absolute atomic E-state index is 0.921. The molecule has 1 aromatic carbocycles. The molecule has 0 aliphatic heterocycles. The average molecular weight is 228 g/mol. The van der Waals surface area contributed by atoms with Crippen LogP contribution in [-0.4, -0.2) is 11.1 Å². The number of para-hydroxylation sites is 1. The first-order valence-corrected chi connectivity index (χ1v) is 6.49. The Morgan fingerprint density at radius 1 is 1.35 bits per heavy atom. The highest BCUT2D eigenvalue weighted by atomic mass is 14.9. The topological polar surface area (TPSA) is 17.0 Å². The zero-order valence-corrected chi connectivity index (χ0v) is 10.6. The fourth-order valence-electron chi connectivity index (χ4n) is 2.64. The van der Waals surface area contributed by atoms with Gasteiger partial charge in [-0.25, -0.2) is 0 Å². The minimum Gasteiger partial charge on any atom is -0.350 e. The minimum atomic E-state index is 0.921. The summed E-state index contributed by atoms with van der Waals surface area (Å²) in [5.41, 5.74) is 2.74. The molecule has 1 heterocycles. The Balaban J connectivity index is 1.71. The van der Waals surface area contributed by atoms with Crippen LogP contribution >= 0.6 is 0 Å². The van der Waals surface area contributed by atoms with Crippen molar-refractivity contribution in [2.75, 3.05) is 6.54 Å². The molecule has 0 saturated heterocycles. The summed E-state index contributed by atoms with van der Waals surface area (Å²) in [5.74, 6) is 1.86. The monoisotopic (exact) mass is 228 g/mol. The third kappa shape index (κ3) is 2.09. The smallest absolute Gasteiger partial charge is 0.0481 e. The second-order valence-electron chi connectivity index (χ2n) is 5.39. The molecule has 2 aromatic rings. The number of hydrogen-bond acceptors (Lipinski definition) is 1. The fourth-order valence-corrected chi connectivity index (χ4v) is 2.64. The molecule has 1 aromatic heterocycles. The van der Waals surface area contributed by atoms with Gasteiger partial charge in [0.25, 0.3) is 0 Å². The first kappa shape index (κ1) is 10.8. The molecule has 2 nitrogen and oxygen atoms in total. The molecule has 90 valence electrons. The molecule has 17 heavy (non-hydrogen) atoms. The van der Waals surface area contributed by atoms with E-state index >= 15 is 0 Å². The van der Waals surface area contributed by atoms with Gasteiger partial charge >= 0.3 is 0 Å². The van der Waals surface area contributed by atoms with Gasteiger partial charge in [0.2, 0.25) is 0 Å². The van der Waals surface area contributed by atoms with Gasteiger partial charge in [-0.05, 0) is 36.4 Å². The van der Waals surface area contributed by atoms with Crippen molar-refractivity contribution in [3.63, 3.8) is 0 Å². The number of nitrogens with zero attached hydrogens (tertiary/aromatic N) is 1. The normalized spacial score (nSPS) is 23.2. The highest BCUT2D eigenvalue weighted by molar-refractivity contribution is 5.83. The summed E-state index contributed by atoms with van der Waals surface area (Å²) in [6.07, 6.45) is 3.65. The van der Waals surface area contributed by atoms with Gasteiger partial charge in [-0.3, -0.25) is 0 Å². The third-order valence-electron chi connectivity index (χ3n) is 3.98. The van der Waals surface area contributed by atoms with Gasteiger partial charge in [0, 0.05) is 30.7 Å². The molecule has 0 amide bonds. The zero-order chi connectivity index (χ0) is 11.8. The van der Waals surface area contributed by atoms with E-state index in [2.05, 4.69) is 54.3 Å². The average Bonchev–Trinajstić information content (AvgIpc) is 2.94. The molecular formula is C15H20N2. The Hall–Kier alpha value is -1.28. The number of nitrogens with one attached hydrogen (secondary N) is 1. The second kappa shape index (κ2) is 4.19. The molecule has 1 fully saturated rings. The number of aryl methyl sites for hydroxylation is 1. The lowest BCUT2D eigenvalue weighted by molar-refractivity contribution is 0.613. The Labute approximate surface area is 103 Å². The van der Waals surface area contributed by atoms with Gasteiger partial charge in [0.15, 0.2) is 0 Å². The summed E-state index contributed by atoms with van der Waals surface area (Å²) in [6, 6.07) is 8.62. The maximum Gasteiger partial charge on any atom is 0.0481 e. The summed E-state index contributed by atoms with van der Waals surface area (Å²) in [6.45, 7) is 4.50. The van der Waals surface area contributed by atoms with Crippen LogP contribution in [0.15, 0.2) is 30.5 Å². The Morgan fingerprint density at radius 2 is 2.12 bits per heavy atom. The van der Waals surface area contributed by atoms with E-state index in [0.29, 0.717) is 0 Å². The second-order valence-corrected chi connectivity index (χ2v) is 5.39. The number of fused-ring (bicyclic) bond motifs is 1. The Morgan fingerprint density at radius 3 is 2.88 bits per heavy atom. The first-order chi connectivity index (χ1) is 8.25. The van der Waals surface area contributed by atoms with Crippen LogP contribution in [0.25, 0.3) is 10.9 Å². The standard InChI is InChI=1S/C15H20N2/c1-11-7-12(11)8-16-9-13-10-17(2)15-6-4-3-5-14(13)15/h3-6,10-12,16H,7-9H2,1-2H3. The van der Waals surface area contributed by atoms with Crippen molar-refractivity contribution in [1.82, 2.24) is 9.88 Å². The van der Waals surface area contributed by atoms with Crippen LogP contribution in [0, 0.1) is 11.8 Å². The van der Waals surface area contributed by atoms with Gasteiger partial charge in [0.1, 0.15) is 0 Å². The number of hydrogen-bond donors (Lipinski definition) is 1. The van der Waals surface area contributed by atoms with E-state index < -0.39 is 0 Å². The maximum absolute atomic E-state index is 3.59. The first-order valence-electron chi connectivity index (χ1n) is 6.49. The summed E-state index contributed by atoms with van der Waals surface area (Å²) < 4.78 is 2.21. The Bertz CT molecular complexity index is 527. The number of rotatable bonds is 4. The molecular weight excluding hydrogens is 208 g/mol. The van der Waals surface area contributed by atoms with Crippen molar-refractivity contribution >= 4 is 10.9 Å². The van der Waals surface area contributed by atoms with Gasteiger partial charge in [-0.1, -0.05) is 25.1 Å². The van der Waals surface area contributed by atoms with E-state index in [-0.39, 0.29) is 0 Å². The molecule has 2 unspecified atom stereocenters. The lowest BCUT2D eigenvalue weighted by Crippen LogP contribution is -2.16. The van der Waals surface area contributed by atoms with Gasteiger partial charge in [0.05, 0.1) is 0 Å². The molecule has 1 aliphatic rings. The predicted octanol–water partition coefficient (Wildman–Crippen LogP) is 2.92. The van der Waals surface area contributed by atoms with Crippen LogP contribution in [0.1, 0.15) is 18.9 Å². The maximum atomic E-state index is 3.59. The van der Waals surface area contributed by atoms with Crippen molar-refractivity contribution in [2.24, 2.45) is 18.9 Å². The van der Waals surface area contributed by atoms with E-state index in [1.807, 2.05) is 0 Å². The van der Waals surface area contributed by atoms with E-state index in [1.54, 1.807) is 0 Å². The molecule has 1 aliphatic carbocycles. The summed E-state index contributed by atoms with van der Waals surface area (Å²) >= 11 is 0. The van der Waals surface area contributed by atoms with Crippen LogP contribution in [-0.2, 0) is 13.6 Å². The van der Waals surface area contributed by atoms with Crippen LogP contribution in [0.3, 0.4) is 0 Å². The van der Waals surface area contributed by atoms with Gasteiger partial charge in [-0.15, -0.1) is 0 Å². The van der Waals surface area contributed by atoms with Crippen LogP contribution in [0.5, 0.6) is 0 Å². The van der Waals surface area contributed by atoms with E-state index in [4.69, 9.17) is 0 Å². The van der Waals surface area contributed by atoms with Crippen molar-refractivity contribution in [2.45, 2.75) is 19.9 Å². The molecule has 0 radical (unpaired) electrons. The largest absolute Gasteiger partial charge is 0.350 e. The molecule has 3 rings (SSSR count). The Kier molecular flexibility index (Phi) is 2.67. The zero-order valence-electron chi connectivity index (χ0n) is 10.6. The SMILES string of the molecule is CC1CC1CNCc1cn(C)c2ccccc12. The van der Waals surface area contributed by atoms with Gasteiger partial charge in [-0.2, -0.15) is 0 Å². The van der Waals surface area contributed by atoms with E-state index in [9.17, 15) is 0 Å². The highest BCUT2D eigenvalue weighted by Crippen LogP contribution is 2.36. The van der Waals surface area contributed by atoms with Crippen LogP contribution < -0.4 is 5.32 Å². The molecule has 1 N–H and O–H groups in total. The summed E-state index contributed by atoms with van der Waals surface area (Å²) in [7, 11) is 2.12. The molecule has 0 spiro atoms. The number of benzene rings is 1. The predicted molar refractivity (Wildman–Crippen MR) is 71.9 cm³/mol. The number of aromatic nitrogens is 1. The third-order valence-corrected chi connectivity index (χ3v) is 3.98. The lowest BCUT2D eigenvalue weighted by atomic mass is 10.2. The van der Waals surface area contributed by atoms with Crippen LogP contribution in [0.4, 0.5) is 0 Å². The van der Waals surface area contributed by atoms with Crippen molar-refractivity contribution in [1.29, 1.82) is 0 Å². The van der Waals surface area contributed by atoms with E-state index in [0.717, 1.165) is 18.4 Å². The fraction of sp³-hybridized carbons (Fsp3) is 0.467. The molecule has 1 saturated carbocycles. The molecule has 2 heteroatoms. The van der Waals surface area contributed by atoms with Gasteiger partial charge < -0.3 is 9.88 Å². The lowest BCUT2D eigenvalue weighted by Gasteiger charge is -2.02. The molecule has 0 bridgehead atoms. The van der Waals surface area contributed by atoms with Crippen LogP contribution in [0.2, 0.25) is 0 Å². The quantitative estimate of drug-likeness (QED) is 0.851. The van der Waals surface area contributed by atoms with Crippen molar-refractivity contribution in [3.05, 3.63) is 36.0 Å². The van der Waals surface area contributed by atoms with Crippen molar-refractivity contribution < 1.29 is 0 Å². The highest BCUT2D eigenvalue weighted by Gasteiger charge is 2.31.